The van der Waals surface area contributed by atoms with Crippen LogP contribution in [0.5, 0.6) is 0 Å². The second kappa shape index (κ2) is 8.34. The molecule has 6 heteroatoms. The molecule has 2 N–H and O–H groups in total. The van der Waals surface area contributed by atoms with E-state index in [2.05, 4.69) is 15.5 Å². The zero-order chi connectivity index (χ0) is 15.1. The predicted octanol–water partition coefficient (Wildman–Crippen LogP) is -0.344. The Kier molecular flexibility index (Phi) is 6.45. The molecule has 0 spiro atoms. The fourth-order valence-corrected chi connectivity index (χ4v) is 3.09. The number of amides is 2. The van der Waals surface area contributed by atoms with E-state index in [4.69, 9.17) is 0 Å². The van der Waals surface area contributed by atoms with Crippen molar-refractivity contribution >= 4 is 11.8 Å². The highest BCUT2D eigenvalue weighted by molar-refractivity contribution is 5.78. The maximum absolute atomic E-state index is 12.3. The zero-order valence-corrected chi connectivity index (χ0v) is 13.1. The first kappa shape index (κ1) is 16.2. The highest BCUT2D eigenvalue weighted by Crippen LogP contribution is 2.16. The molecular weight excluding hydrogens is 268 g/mol. The van der Waals surface area contributed by atoms with Gasteiger partial charge in [0.15, 0.2) is 0 Å². The van der Waals surface area contributed by atoms with E-state index in [1.165, 1.54) is 6.42 Å². The summed E-state index contributed by atoms with van der Waals surface area (Å²) in [5, 5.41) is 6.17. The van der Waals surface area contributed by atoms with E-state index in [9.17, 15) is 9.59 Å². The lowest BCUT2D eigenvalue weighted by molar-refractivity contribution is -0.134. The Morgan fingerprint density at radius 1 is 1.24 bits per heavy atom. The van der Waals surface area contributed by atoms with Gasteiger partial charge in [-0.3, -0.25) is 14.5 Å². The molecule has 2 heterocycles. The third-order valence-corrected chi connectivity index (χ3v) is 4.33. The highest BCUT2D eigenvalue weighted by atomic mass is 16.2. The average Bonchev–Trinajstić information content (AvgIpc) is 2.49. The minimum atomic E-state index is 0.0746. The monoisotopic (exact) mass is 296 g/mol. The van der Waals surface area contributed by atoms with Gasteiger partial charge in [0.25, 0.3) is 0 Å². The van der Waals surface area contributed by atoms with Crippen molar-refractivity contribution in [2.45, 2.75) is 26.2 Å². The van der Waals surface area contributed by atoms with Crippen LogP contribution < -0.4 is 10.6 Å². The molecule has 2 rings (SSSR count). The quantitative estimate of drug-likeness (QED) is 0.728. The Balaban J connectivity index is 1.67. The van der Waals surface area contributed by atoms with E-state index in [-0.39, 0.29) is 11.8 Å². The molecule has 120 valence electrons. The summed E-state index contributed by atoms with van der Waals surface area (Å²) in [6, 6.07) is 0. The van der Waals surface area contributed by atoms with Crippen molar-refractivity contribution in [2.75, 3.05) is 52.4 Å². The molecule has 2 aliphatic rings. The lowest BCUT2D eigenvalue weighted by Crippen LogP contribution is -2.51. The van der Waals surface area contributed by atoms with Crippen LogP contribution in [0.1, 0.15) is 26.2 Å². The highest BCUT2D eigenvalue weighted by Gasteiger charge is 2.24. The molecule has 0 aromatic rings. The molecule has 0 aromatic carbocycles. The minimum Gasteiger partial charge on any atom is -0.355 e. The summed E-state index contributed by atoms with van der Waals surface area (Å²) in [6.07, 6.45) is 3.01. The van der Waals surface area contributed by atoms with Crippen LogP contribution >= 0.6 is 0 Å². The third kappa shape index (κ3) is 5.28. The zero-order valence-electron chi connectivity index (χ0n) is 13.1. The van der Waals surface area contributed by atoms with Crippen molar-refractivity contribution in [3.63, 3.8) is 0 Å². The molecule has 0 aliphatic carbocycles. The molecule has 21 heavy (non-hydrogen) atoms. The number of hydrogen-bond donors (Lipinski definition) is 2. The Hall–Kier alpha value is -1.14. The molecule has 0 radical (unpaired) electrons. The summed E-state index contributed by atoms with van der Waals surface area (Å²) in [4.78, 5) is 27.9. The van der Waals surface area contributed by atoms with Crippen LogP contribution in [0.25, 0.3) is 0 Å². The minimum absolute atomic E-state index is 0.0746. The molecule has 0 aromatic heterocycles. The number of carbonyl (C=O) groups is 2. The van der Waals surface area contributed by atoms with Crippen LogP contribution in [-0.2, 0) is 9.59 Å². The number of likely N-dealkylation sites (N-methyl/N-ethyl adjacent to an activating group) is 1. The van der Waals surface area contributed by atoms with Crippen LogP contribution in [-0.4, -0.2) is 74.0 Å². The van der Waals surface area contributed by atoms with Gasteiger partial charge in [-0.25, -0.2) is 0 Å². The summed E-state index contributed by atoms with van der Waals surface area (Å²) >= 11 is 0. The van der Waals surface area contributed by atoms with Crippen molar-refractivity contribution in [1.29, 1.82) is 0 Å². The first-order valence-electron chi connectivity index (χ1n) is 8.16. The number of piperidine rings is 1. The van der Waals surface area contributed by atoms with Crippen molar-refractivity contribution in [3.05, 3.63) is 0 Å². The maximum atomic E-state index is 12.3. The van der Waals surface area contributed by atoms with Crippen molar-refractivity contribution < 1.29 is 9.59 Å². The predicted molar refractivity (Wildman–Crippen MR) is 81.9 cm³/mol. The standard InChI is InChI=1S/C15H28N4O2/c1-2-17-14(20)12-18-6-8-19(9-7-18)15(21)10-13-4-3-5-16-11-13/h13,16H,2-12H2,1H3,(H,17,20). The van der Waals surface area contributed by atoms with Gasteiger partial charge in [0, 0.05) is 39.1 Å². The van der Waals surface area contributed by atoms with E-state index < -0.39 is 0 Å². The molecular formula is C15H28N4O2. The van der Waals surface area contributed by atoms with Crippen LogP contribution in [0, 0.1) is 5.92 Å². The number of nitrogens with zero attached hydrogens (tertiary/aromatic N) is 2. The number of rotatable bonds is 5. The average molecular weight is 296 g/mol. The van der Waals surface area contributed by atoms with Gasteiger partial charge in [-0.2, -0.15) is 0 Å². The molecule has 6 nitrogen and oxygen atoms in total. The van der Waals surface area contributed by atoms with Crippen LogP contribution in [0.3, 0.4) is 0 Å². The van der Waals surface area contributed by atoms with Gasteiger partial charge in [0.05, 0.1) is 6.54 Å². The number of nitrogens with one attached hydrogen (secondary N) is 2. The van der Waals surface area contributed by atoms with E-state index in [0.717, 1.165) is 45.7 Å². The Labute approximate surface area is 127 Å². The summed E-state index contributed by atoms with van der Waals surface area (Å²) in [6.45, 7) is 8.20. The third-order valence-electron chi connectivity index (χ3n) is 4.33. The van der Waals surface area contributed by atoms with Crippen LogP contribution in [0.2, 0.25) is 0 Å². The first-order chi connectivity index (χ1) is 10.2. The van der Waals surface area contributed by atoms with Crippen LogP contribution in [0.15, 0.2) is 0 Å². The number of hydrogen-bond acceptors (Lipinski definition) is 4. The van der Waals surface area contributed by atoms with Gasteiger partial charge >= 0.3 is 0 Å². The van der Waals surface area contributed by atoms with Crippen molar-refractivity contribution in [1.82, 2.24) is 20.4 Å². The van der Waals surface area contributed by atoms with E-state index >= 15 is 0 Å². The fraction of sp³-hybridized carbons (Fsp3) is 0.867. The Morgan fingerprint density at radius 3 is 2.62 bits per heavy atom. The molecule has 2 amide bonds. The molecule has 2 fully saturated rings. The summed E-state index contributed by atoms with van der Waals surface area (Å²) in [5.74, 6) is 0.853. The van der Waals surface area contributed by atoms with Gasteiger partial charge in [0.1, 0.15) is 0 Å². The number of piperazine rings is 1. The maximum Gasteiger partial charge on any atom is 0.234 e. The topological polar surface area (TPSA) is 64.7 Å². The molecule has 1 atom stereocenters. The van der Waals surface area contributed by atoms with E-state index in [0.29, 0.717) is 25.4 Å². The molecule has 2 aliphatic heterocycles. The summed E-state index contributed by atoms with van der Waals surface area (Å²) in [7, 11) is 0. The van der Waals surface area contributed by atoms with Gasteiger partial charge in [-0.15, -0.1) is 0 Å². The Morgan fingerprint density at radius 2 is 2.00 bits per heavy atom. The van der Waals surface area contributed by atoms with Gasteiger partial charge < -0.3 is 15.5 Å². The summed E-state index contributed by atoms with van der Waals surface area (Å²) in [5.41, 5.74) is 0. The first-order valence-corrected chi connectivity index (χ1v) is 8.16. The van der Waals surface area contributed by atoms with Crippen molar-refractivity contribution in [2.24, 2.45) is 5.92 Å². The molecule has 2 saturated heterocycles. The van der Waals surface area contributed by atoms with E-state index in [1.54, 1.807) is 0 Å². The SMILES string of the molecule is CCNC(=O)CN1CCN(C(=O)CC2CCCNC2)CC1. The smallest absolute Gasteiger partial charge is 0.234 e. The van der Waals surface area contributed by atoms with Gasteiger partial charge in [0.2, 0.25) is 11.8 Å². The second-order valence-corrected chi connectivity index (χ2v) is 6.03. The van der Waals surface area contributed by atoms with Crippen molar-refractivity contribution in [3.8, 4) is 0 Å². The van der Waals surface area contributed by atoms with Crippen LogP contribution in [0.4, 0.5) is 0 Å². The largest absolute Gasteiger partial charge is 0.355 e. The summed E-state index contributed by atoms with van der Waals surface area (Å²) < 4.78 is 0. The van der Waals surface area contributed by atoms with Gasteiger partial charge in [-0.1, -0.05) is 0 Å². The lowest BCUT2D eigenvalue weighted by atomic mass is 9.95. The second-order valence-electron chi connectivity index (χ2n) is 6.03. The normalized spacial score (nSPS) is 23.9. The number of carbonyl (C=O) groups excluding carboxylic acids is 2. The molecule has 0 saturated carbocycles. The molecule has 0 bridgehead atoms. The fourth-order valence-electron chi connectivity index (χ4n) is 3.09. The molecule has 1 unspecified atom stereocenters. The Bertz CT molecular complexity index is 348. The lowest BCUT2D eigenvalue weighted by Gasteiger charge is -2.35. The van der Waals surface area contributed by atoms with E-state index in [1.807, 2.05) is 11.8 Å². The van der Waals surface area contributed by atoms with Gasteiger partial charge in [-0.05, 0) is 38.8 Å².